The van der Waals surface area contributed by atoms with Gasteiger partial charge < -0.3 is 99.4 Å². The van der Waals surface area contributed by atoms with Crippen molar-refractivity contribution in [3.63, 3.8) is 0 Å². The minimum absolute atomic E-state index is 0.00189. The first-order chi connectivity index (χ1) is 48.3. The van der Waals surface area contributed by atoms with Gasteiger partial charge in [0, 0.05) is 26.1 Å². The molecule has 3 aliphatic heterocycles. The molecular weight excluding hydrogens is 1380 g/mol. The molecule has 14 atom stereocenters. The molecule has 0 spiro atoms. The number of rotatable bonds is 42. The van der Waals surface area contributed by atoms with E-state index in [9.17, 15) is 106 Å². The third kappa shape index (κ3) is 26.7. The molecule has 3 saturated heterocycles. The molecule has 574 valence electrons. The van der Waals surface area contributed by atoms with Crippen molar-refractivity contribution < 1.29 is 116 Å². The molecule has 0 aromatic heterocycles. The fourth-order valence-corrected chi connectivity index (χ4v) is 12.6. The van der Waals surface area contributed by atoms with Crippen molar-refractivity contribution in [3.05, 3.63) is 29.8 Å². The lowest BCUT2D eigenvalue weighted by atomic mass is 9.94. The summed E-state index contributed by atoms with van der Waals surface area (Å²) in [7, 11) is -5.07. The van der Waals surface area contributed by atoms with E-state index in [4.69, 9.17) is 22.3 Å². The number of carboxylic acids is 4. The third-order valence-electron chi connectivity index (χ3n) is 18.0. The second kappa shape index (κ2) is 40.5. The summed E-state index contributed by atoms with van der Waals surface area (Å²) in [5.41, 5.74) is 16.6. The van der Waals surface area contributed by atoms with Gasteiger partial charge in [0.05, 0.1) is 31.7 Å². The van der Waals surface area contributed by atoms with Crippen molar-refractivity contribution in [3.8, 4) is 5.75 Å². The van der Waals surface area contributed by atoms with Gasteiger partial charge in [-0.1, -0.05) is 66.5 Å². The topological polar surface area (TPSA) is 605 Å². The molecule has 3 fully saturated rings. The number of aliphatic carboxylic acids is 4. The summed E-state index contributed by atoms with van der Waals surface area (Å²) in [5.74, 6) is -20.1. The molecule has 1 aromatic rings. The maximum absolute atomic E-state index is 15.0. The van der Waals surface area contributed by atoms with Gasteiger partial charge in [0.1, 0.15) is 72.2 Å². The molecule has 0 bridgehead atoms. The van der Waals surface area contributed by atoms with Crippen molar-refractivity contribution in [2.75, 3.05) is 26.2 Å². The largest absolute Gasteiger partial charge is 0.524 e. The Hall–Kier alpha value is -9.39. The number of primary amides is 1. The number of nitrogens with zero attached hydrogens (tertiary/aromatic N) is 3. The second-order valence-electron chi connectivity index (χ2n) is 26.4. The van der Waals surface area contributed by atoms with E-state index in [-0.39, 0.29) is 94.7 Å². The zero-order chi connectivity index (χ0) is 77.3. The number of carboxylic acid groups (broad SMARTS) is 4. The molecule has 38 nitrogen and oxygen atoms in total. The zero-order valence-electron chi connectivity index (χ0n) is 58.4. The van der Waals surface area contributed by atoms with Crippen LogP contribution in [0.25, 0.3) is 0 Å². The first-order valence-electron chi connectivity index (χ1n) is 34.1. The molecule has 0 radical (unpaired) electrons. The molecule has 0 unspecified atom stereocenters. The van der Waals surface area contributed by atoms with Crippen LogP contribution in [0, 0.1) is 17.8 Å². The maximum Gasteiger partial charge on any atom is 0.524 e. The maximum atomic E-state index is 15.0. The SMILES string of the molecule is CC[C@H](C)[C@H](NC(=O)[C@H](Cc1ccc(OP(=O)(O)O)cc1)NC(=O)[C@H](CC(=O)O)NC(=O)[C@H](CC(N)=O)NC(=O)[C@@H](N)CC(=O)O)C(=O)N[C@H](C(=O)N1CCC[C@H]1C(=O)N[C@@H](CC(C)C)C(=O)N1CCC[C@H]1C(=O)N[C@@H](CC(=O)O)C(=O)N1CCC[C@H]1C(=O)N[C@@H](CCCCN)C(=O)O)[C@@H](C)CC. The predicted molar refractivity (Wildman–Crippen MR) is 360 cm³/mol. The van der Waals surface area contributed by atoms with Crippen LogP contribution in [0.2, 0.25) is 0 Å². The summed E-state index contributed by atoms with van der Waals surface area (Å²) < 4.78 is 16.2. The summed E-state index contributed by atoms with van der Waals surface area (Å²) >= 11 is 0. The average Bonchev–Trinajstić information content (AvgIpc) is 1.55. The number of carbonyl (C=O) groups is 16. The van der Waals surface area contributed by atoms with E-state index in [0.717, 1.165) is 17.0 Å². The molecule has 4 rings (SSSR count). The molecule has 1 aromatic carbocycles. The molecule has 20 N–H and O–H groups in total. The van der Waals surface area contributed by atoms with Crippen LogP contribution in [0.1, 0.15) is 150 Å². The van der Waals surface area contributed by atoms with Gasteiger partial charge in [-0.15, -0.1) is 0 Å². The number of likely N-dealkylation sites (tertiary alicyclic amines) is 3. The minimum atomic E-state index is -5.07. The first kappa shape index (κ1) is 86.0. The molecule has 103 heavy (non-hydrogen) atoms. The number of amides is 12. The Morgan fingerprint density at radius 2 is 0.932 bits per heavy atom. The monoisotopic (exact) mass is 1480 g/mol. The smallest absolute Gasteiger partial charge is 0.481 e. The van der Waals surface area contributed by atoms with E-state index in [1.54, 1.807) is 41.5 Å². The number of phosphoric acid groups is 1. The summed E-state index contributed by atoms with van der Waals surface area (Å²) in [4.78, 5) is 238. The van der Waals surface area contributed by atoms with E-state index >= 15 is 0 Å². The van der Waals surface area contributed by atoms with E-state index < -0.39 is 219 Å². The van der Waals surface area contributed by atoms with Crippen LogP contribution in [-0.4, -0.2) is 238 Å². The van der Waals surface area contributed by atoms with E-state index in [2.05, 4.69) is 41.7 Å². The summed E-state index contributed by atoms with van der Waals surface area (Å²) in [6.45, 7) is 10.4. The Kier molecular flexibility index (Phi) is 33.8. The quantitative estimate of drug-likeness (QED) is 0.0223. The number of unbranched alkanes of at least 4 members (excludes halogenated alkanes) is 1. The molecule has 12 amide bonds. The zero-order valence-corrected chi connectivity index (χ0v) is 59.3. The van der Waals surface area contributed by atoms with Gasteiger partial charge in [0.2, 0.25) is 70.9 Å². The van der Waals surface area contributed by atoms with E-state index in [1.165, 1.54) is 21.9 Å². The van der Waals surface area contributed by atoms with Gasteiger partial charge in [-0.3, -0.25) is 81.7 Å². The molecule has 3 heterocycles. The minimum Gasteiger partial charge on any atom is -0.481 e. The van der Waals surface area contributed by atoms with Crippen LogP contribution >= 0.6 is 7.82 Å². The van der Waals surface area contributed by atoms with Crippen LogP contribution in [-0.2, 0) is 87.7 Å². The predicted octanol–water partition coefficient (Wildman–Crippen LogP) is -3.47. The van der Waals surface area contributed by atoms with Crippen LogP contribution < -0.4 is 64.3 Å². The summed E-state index contributed by atoms with van der Waals surface area (Å²) in [5, 5.41) is 58.3. The number of benzene rings is 1. The highest BCUT2D eigenvalue weighted by Gasteiger charge is 2.46. The Bertz CT molecular complexity index is 3300. The molecule has 0 aliphatic carbocycles. The summed E-state index contributed by atoms with van der Waals surface area (Å²) in [6.07, 6.45) is -2.00. The van der Waals surface area contributed by atoms with E-state index in [1.807, 2.05) is 5.32 Å². The van der Waals surface area contributed by atoms with E-state index in [0.29, 0.717) is 25.8 Å². The molecule has 3 aliphatic rings. The van der Waals surface area contributed by atoms with Gasteiger partial charge >= 0.3 is 31.7 Å². The van der Waals surface area contributed by atoms with Crippen molar-refractivity contribution in [2.24, 2.45) is 35.0 Å². The second-order valence-corrected chi connectivity index (χ2v) is 27.6. The lowest BCUT2D eigenvalue weighted by Crippen LogP contribution is -2.62. The first-order valence-corrected chi connectivity index (χ1v) is 35.6. The molecule has 39 heteroatoms. The lowest BCUT2D eigenvalue weighted by molar-refractivity contribution is -0.148. The Labute approximate surface area is 593 Å². The number of phosphoric ester groups is 1. The van der Waals surface area contributed by atoms with Gasteiger partial charge in [-0.25, -0.2) is 9.36 Å². The fourth-order valence-electron chi connectivity index (χ4n) is 12.2. The normalized spacial score (nSPS) is 19.1. The highest BCUT2D eigenvalue weighted by molar-refractivity contribution is 7.46. The van der Waals surface area contributed by atoms with Gasteiger partial charge in [-0.05, 0) is 106 Å². The van der Waals surface area contributed by atoms with Crippen LogP contribution in [0.4, 0.5) is 0 Å². The Morgan fingerprint density at radius 1 is 0.515 bits per heavy atom. The number of nitrogens with one attached hydrogen (secondary N) is 8. The van der Waals surface area contributed by atoms with Crippen LogP contribution in [0.5, 0.6) is 5.75 Å². The third-order valence-corrected chi connectivity index (χ3v) is 18.4. The fraction of sp³-hybridized carbons (Fsp3) is 0.656. The van der Waals surface area contributed by atoms with Crippen LogP contribution in [0.15, 0.2) is 24.3 Å². The molecular formula is C64H99N14O24P. The number of carbonyl (C=O) groups excluding carboxylic acids is 12. The number of hydrogen-bond donors (Lipinski definition) is 17. The Balaban J connectivity index is 1.60. The van der Waals surface area contributed by atoms with Crippen LogP contribution in [0.3, 0.4) is 0 Å². The van der Waals surface area contributed by atoms with Gasteiger partial charge in [-0.2, -0.15) is 0 Å². The number of hydrogen-bond acceptors (Lipinski definition) is 20. The van der Waals surface area contributed by atoms with Crippen molar-refractivity contribution in [2.45, 2.75) is 223 Å². The lowest BCUT2D eigenvalue weighted by Gasteiger charge is -2.34. The Morgan fingerprint density at radius 3 is 1.39 bits per heavy atom. The molecule has 0 saturated carbocycles. The average molecular weight is 1480 g/mol. The van der Waals surface area contributed by atoms with Crippen molar-refractivity contribution in [1.29, 1.82) is 0 Å². The van der Waals surface area contributed by atoms with Crippen molar-refractivity contribution >= 4 is 103 Å². The van der Waals surface area contributed by atoms with Crippen molar-refractivity contribution in [1.82, 2.24) is 57.2 Å². The highest BCUT2D eigenvalue weighted by atomic mass is 31.2. The highest BCUT2D eigenvalue weighted by Crippen LogP contribution is 2.37. The van der Waals surface area contributed by atoms with Gasteiger partial charge in [0.15, 0.2) is 0 Å². The number of nitrogens with two attached hydrogens (primary N) is 3. The summed E-state index contributed by atoms with van der Waals surface area (Å²) in [6, 6.07) is -13.9. The standard InChI is InChI=1S/C64H99N14O24P/c1-7-33(5)51(74-56(89)39(27-35-18-20-36(21-19-35)102-103(99,100)101)70-55(88)41(30-49(82)83)71-54(87)40(29-47(67)79)69-53(86)37(66)28-48(80)81)60(93)75-52(34(6)8-2)63(96)78-25-13-17-46(78)59(92)72-42(26-32(3)4)61(94)76-23-12-16-45(76)58(91)73-43(31-50(84)85)62(95)77-24-11-15-44(77)57(90)68-38(64(97)98)14-9-10-22-65/h18-21,32-34,37-46,51-52H,7-17,22-31,65-66H2,1-6H3,(H2,67,79)(H,68,90)(H,69,86)(H,70,88)(H,71,87)(H,72,92)(H,73,91)(H,74,89)(H,75,93)(H,80,81)(H,82,83)(H,84,85)(H,97,98)(H2,99,100,101)/t33-,34-,37-,38-,39-,40-,41-,42-,43-,44-,45-,46-,51-,52-/m0/s1. The van der Waals surface area contributed by atoms with Gasteiger partial charge in [0.25, 0.3) is 0 Å².